The van der Waals surface area contributed by atoms with Gasteiger partial charge in [0.1, 0.15) is 6.54 Å². The lowest BCUT2D eigenvalue weighted by molar-refractivity contribution is -0.126. The molecule has 1 aliphatic heterocycles. The Kier molecular flexibility index (Phi) is 4.83. The van der Waals surface area contributed by atoms with Gasteiger partial charge in [0.2, 0.25) is 5.91 Å². The Labute approximate surface area is 136 Å². The lowest BCUT2D eigenvalue weighted by atomic mass is 9.87. The predicted molar refractivity (Wildman–Crippen MR) is 85.7 cm³/mol. The van der Waals surface area contributed by atoms with Crippen molar-refractivity contribution in [2.24, 2.45) is 5.92 Å². The van der Waals surface area contributed by atoms with Crippen molar-refractivity contribution in [3.8, 4) is 0 Å². The molecule has 3 atom stereocenters. The monoisotopic (exact) mass is 319 g/mol. The lowest BCUT2D eigenvalue weighted by Gasteiger charge is -2.43. The van der Waals surface area contributed by atoms with Crippen LogP contribution in [-0.2, 0) is 11.3 Å². The summed E-state index contributed by atoms with van der Waals surface area (Å²) in [7, 11) is 0. The van der Waals surface area contributed by atoms with Gasteiger partial charge >= 0.3 is 6.03 Å². The number of hydrogen-bond acceptors (Lipinski definition) is 3. The Bertz CT molecular complexity index is 545. The minimum Gasteiger partial charge on any atom is -0.350 e. The largest absolute Gasteiger partial charge is 0.350 e. The van der Waals surface area contributed by atoms with Crippen LogP contribution in [0.25, 0.3) is 0 Å². The van der Waals surface area contributed by atoms with Crippen molar-refractivity contribution in [2.45, 2.75) is 51.2 Å². The van der Waals surface area contributed by atoms with Crippen LogP contribution < -0.4 is 10.6 Å². The van der Waals surface area contributed by atoms with Gasteiger partial charge in [-0.2, -0.15) is 5.10 Å². The molecule has 2 fully saturated rings. The van der Waals surface area contributed by atoms with Crippen molar-refractivity contribution in [1.29, 1.82) is 0 Å². The van der Waals surface area contributed by atoms with Crippen LogP contribution in [0.15, 0.2) is 18.5 Å². The first-order valence-corrected chi connectivity index (χ1v) is 8.45. The van der Waals surface area contributed by atoms with E-state index in [-0.39, 0.29) is 36.5 Å². The van der Waals surface area contributed by atoms with Crippen molar-refractivity contribution in [2.75, 3.05) is 13.1 Å². The SMILES string of the molecule is C[C@H](CNC(=O)N1CC(=O)N[C@@H]2CCCC[C@H]21)Cn1cccn1. The zero-order valence-electron chi connectivity index (χ0n) is 13.6. The maximum absolute atomic E-state index is 12.5. The fourth-order valence-electron chi connectivity index (χ4n) is 3.55. The van der Waals surface area contributed by atoms with Crippen molar-refractivity contribution >= 4 is 11.9 Å². The van der Waals surface area contributed by atoms with Gasteiger partial charge in [-0.15, -0.1) is 0 Å². The minimum absolute atomic E-state index is 0.0483. The molecule has 2 aliphatic rings. The molecule has 1 saturated carbocycles. The number of carbonyl (C=O) groups is 2. The molecule has 7 heteroatoms. The van der Waals surface area contributed by atoms with E-state index in [1.807, 2.05) is 16.9 Å². The molecule has 0 unspecified atom stereocenters. The summed E-state index contributed by atoms with van der Waals surface area (Å²) in [6, 6.07) is 2.03. The first-order chi connectivity index (χ1) is 11.1. The van der Waals surface area contributed by atoms with Gasteiger partial charge in [-0.3, -0.25) is 9.48 Å². The third-order valence-corrected chi connectivity index (χ3v) is 4.71. The van der Waals surface area contributed by atoms with Gasteiger partial charge < -0.3 is 15.5 Å². The first kappa shape index (κ1) is 15.8. The number of piperazine rings is 1. The molecule has 1 aromatic heterocycles. The average Bonchev–Trinajstić information content (AvgIpc) is 3.04. The number of fused-ring (bicyclic) bond motifs is 1. The summed E-state index contributed by atoms with van der Waals surface area (Å²) in [4.78, 5) is 26.1. The average molecular weight is 319 g/mol. The van der Waals surface area contributed by atoms with E-state index in [9.17, 15) is 9.59 Å². The Hall–Kier alpha value is -2.05. The van der Waals surface area contributed by atoms with E-state index < -0.39 is 0 Å². The molecule has 3 rings (SSSR count). The number of rotatable bonds is 4. The minimum atomic E-state index is -0.121. The van der Waals surface area contributed by atoms with Crippen LogP contribution in [0.1, 0.15) is 32.6 Å². The molecule has 7 nitrogen and oxygen atoms in total. The molecule has 0 aromatic carbocycles. The Morgan fingerprint density at radius 3 is 3.09 bits per heavy atom. The highest BCUT2D eigenvalue weighted by Crippen LogP contribution is 2.25. The highest BCUT2D eigenvalue weighted by molar-refractivity contribution is 5.86. The van der Waals surface area contributed by atoms with E-state index in [2.05, 4.69) is 22.7 Å². The molecule has 1 aliphatic carbocycles. The number of nitrogens with one attached hydrogen (secondary N) is 2. The van der Waals surface area contributed by atoms with Crippen molar-refractivity contribution < 1.29 is 9.59 Å². The number of hydrogen-bond donors (Lipinski definition) is 2. The molecule has 2 N–H and O–H groups in total. The van der Waals surface area contributed by atoms with E-state index in [4.69, 9.17) is 0 Å². The number of carbonyl (C=O) groups excluding carboxylic acids is 2. The van der Waals surface area contributed by atoms with Gasteiger partial charge in [-0.25, -0.2) is 4.79 Å². The quantitative estimate of drug-likeness (QED) is 0.868. The molecule has 0 radical (unpaired) electrons. The van der Waals surface area contributed by atoms with E-state index in [0.717, 1.165) is 32.2 Å². The van der Waals surface area contributed by atoms with Gasteiger partial charge in [0.25, 0.3) is 0 Å². The second-order valence-corrected chi connectivity index (χ2v) is 6.67. The topological polar surface area (TPSA) is 79.3 Å². The summed E-state index contributed by atoms with van der Waals surface area (Å²) in [6.45, 7) is 3.59. The second kappa shape index (κ2) is 7.02. The van der Waals surface area contributed by atoms with Crippen LogP contribution in [0.3, 0.4) is 0 Å². The molecule has 1 aromatic rings. The normalized spacial score (nSPS) is 25.4. The third kappa shape index (κ3) is 3.83. The van der Waals surface area contributed by atoms with Crippen LogP contribution in [0.2, 0.25) is 0 Å². The van der Waals surface area contributed by atoms with Gasteiger partial charge in [0.15, 0.2) is 0 Å². The van der Waals surface area contributed by atoms with E-state index in [1.54, 1.807) is 11.1 Å². The van der Waals surface area contributed by atoms with Gasteiger partial charge in [0, 0.05) is 31.5 Å². The molecule has 23 heavy (non-hydrogen) atoms. The van der Waals surface area contributed by atoms with Crippen LogP contribution in [0.4, 0.5) is 4.79 Å². The van der Waals surface area contributed by atoms with Crippen molar-refractivity contribution in [3.63, 3.8) is 0 Å². The highest BCUT2D eigenvalue weighted by Gasteiger charge is 2.38. The van der Waals surface area contributed by atoms with E-state index >= 15 is 0 Å². The maximum atomic E-state index is 12.5. The molecular weight excluding hydrogens is 294 g/mol. The predicted octanol–water partition coefficient (Wildman–Crippen LogP) is 0.972. The van der Waals surface area contributed by atoms with Crippen LogP contribution in [0, 0.1) is 5.92 Å². The molecule has 0 spiro atoms. The first-order valence-electron chi connectivity index (χ1n) is 8.45. The summed E-state index contributed by atoms with van der Waals surface area (Å²) < 4.78 is 1.86. The van der Waals surface area contributed by atoms with E-state index in [1.165, 1.54) is 0 Å². The number of aromatic nitrogens is 2. The van der Waals surface area contributed by atoms with E-state index in [0.29, 0.717) is 6.54 Å². The summed E-state index contributed by atoms with van der Waals surface area (Å²) in [6.07, 6.45) is 7.85. The highest BCUT2D eigenvalue weighted by atomic mass is 16.2. The molecule has 126 valence electrons. The maximum Gasteiger partial charge on any atom is 0.318 e. The zero-order valence-corrected chi connectivity index (χ0v) is 13.6. The Morgan fingerprint density at radius 2 is 2.30 bits per heavy atom. The van der Waals surface area contributed by atoms with Gasteiger partial charge in [-0.05, 0) is 24.8 Å². The lowest BCUT2D eigenvalue weighted by Crippen LogP contribution is -2.64. The van der Waals surface area contributed by atoms with Gasteiger partial charge in [0.05, 0.1) is 6.04 Å². The van der Waals surface area contributed by atoms with Gasteiger partial charge in [-0.1, -0.05) is 19.8 Å². The Morgan fingerprint density at radius 1 is 1.48 bits per heavy atom. The summed E-state index contributed by atoms with van der Waals surface area (Å²) in [5.41, 5.74) is 0. The summed E-state index contributed by atoms with van der Waals surface area (Å²) in [5.74, 6) is 0.229. The summed E-state index contributed by atoms with van der Waals surface area (Å²) >= 11 is 0. The number of amides is 3. The fourth-order valence-corrected chi connectivity index (χ4v) is 3.55. The standard InChI is InChI=1S/C16H25N5O2/c1-12(10-20-8-4-7-18-20)9-17-16(23)21-11-15(22)19-13-5-2-3-6-14(13)21/h4,7-8,12-14H,2-3,5-6,9-11H2,1H3,(H,17,23)(H,19,22)/t12-,13-,14-/m1/s1. The Balaban J connectivity index is 1.53. The molecule has 2 heterocycles. The molecule has 0 bridgehead atoms. The second-order valence-electron chi connectivity index (χ2n) is 6.67. The molecule has 3 amide bonds. The summed E-state index contributed by atoms with van der Waals surface area (Å²) in [5, 5.41) is 10.2. The number of urea groups is 1. The number of nitrogens with zero attached hydrogens (tertiary/aromatic N) is 3. The van der Waals surface area contributed by atoms with Crippen LogP contribution in [-0.4, -0.2) is 51.8 Å². The fraction of sp³-hybridized carbons (Fsp3) is 0.688. The molecule has 1 saturated heterocycles. The van der Waals surface area contributed by atoms with Crippen molar-refractivity contribution in [3.05, 3.63) is 18.5 Å². The van der Waals surface area contributed by atoms with Crippen molar-refractivity contribution in [1.82, 2.24) is 25.3 Å². The third-order valence-electron chi connectivity index (χ3n) is 4.71. The smallest absolute Gasteiger partial charge is 0.318 e. The van der Waals surface area contributed by atoms with Crippen LogP contribution in [0.5, 0.6) is 0 Å². The zero-order chi connectivity index (χ0) is 16.2. The molecular formula is C16H25N5O2. The van der Waals surface area contributed by atoms with Crippen LogP contribution >= 0.6 is 0 Å².